The number of aliphatic hydroxyl groups excluding tert-OH is 1. The van der Waals surface area contributed by atoms with Crippen LogP contribution in [0.5, 0.6) is 11.5 Å². The number of benzene rings is 2. The number of hydrogen-bond acceptors (Lipinski definition) is 8. The van der Waals surface area contributed by atoms with Crippen molar-refractivity contribution in [3.63, 3.8) is 0 Å². The Hall–Kier alpha value is -2.53. The molecule has 210 valence electrons. The van der Waals surface area contributed by atoms with Crippen molar-refractivity contribution < 1.29 is 32.5 Å². The molecule has 0 saturated carbocycles. The van der Waals surface area contributed by atoms with Crippen LogP contribution in [-0.2, 0) is 19.6 Å². The van der Waals surface area contributed by atoms with E-state index in [1.807, 2.05) is 43.0 Å². The Morgan fingerprint density at radius 1 is 1.21 bits per heavy atom. The van der Waals surface area contributed by atoms with E-state index in [1.54, 1.807) is 26.2 Å². The average Bonchev–Trinajstić information content (AvgIpc) is 2.98. The number of ether oxygens (including phenoxy) is 3. The van der Waals surface area contributed by atoms with Crippen LogP contribution in [0.25, 0.3) is 0 Å². The number of methoxy groups -OCH3 is 2. The number of para-hydroxylation sites is 1. The lowest BCUT2D eigenvalue weighted by atomic mass is 9.92. The van der Waals surface area contributed by atoms with E-state index < -0.39 is 33.6 Å². The van der Waals surface area contributed by atoms with Gasteiger partial charge in [-0.1, -0.05) is 44.5 Å². The summed E-state index contributed by atoms with van der Waals surface area (Å²) in [4.78, 5) is 14.9. The van der Waals surface area contributed by atoms with E-state index in [0.717, 1.165) is 11.3 Å². The molecule has 1 heterocycles. The fraction of sp³-hybridized carbons (Fsp3) is 0.519. The molecular weight excluding hydrogens is 532 g/mol. The number of hydrogen-bond donors (Lipinski definition) is 2. The van der Waals surface area contributed by atoms with E-state index in [1.165, 1.54) is 7.11 Å². The molecule has 1 aliphatic rings. The van der Waals surface area contributed by atoms with Crippen molar-refractivity contribution in [1.29, 1.82) is 0 Å². The molecular formula is C27H37ClN2O7S. The van der Waals surface area contributed by atoms with Crippen LogP contribution in [0.3, 0.4) is 0 Å². The van der Waals surface area contributed by atoms with E-state index in [0.29, 0.717) is 35.1 Å². The van der Waals surface area contributed by atoms with Gasteiger partial charge in [0.2, 0.25) is 15.9 Å². The minimum absolute atomic E-state index is 0.0547. The molecule has 0 unspecified atom stereocenters. The van der Waals surface area contributed by atoms with E-state index in [2.05, 4.69) is 4.72 Å². The first-order valence-electron chi connectivity index (χ1n) is 12.5. The molecule has 0 radical (unpaired) electrons. The molecule has 0 spiro atoms. The molecule has 0 aliphatic carbocycles. The molecule has 1 amide bonds. The molecule has 0 bridgehead atoms. The summed E-state index contributed by atoms with van der Waals surface area (Å²) in [6, 6.07) is 10.9. The Labute approximate surface area is 230 Å². The molecule has 3 rings (SSSR count). The quantitative estimate of drug-likeness (QED) is 0.419. The molecule has 2 atom stereocenters. The molecule has 2 N–H and O–H groups in total. The van der Waals surface area contributed by atoms with Crippen LogP contribution in [-0.4, -0.2) is 65.2 Å². The molecule has 0 saturated heterocycles. The summed E-state index contributed by atoms with van der Waals surface area (Å²) in [5, 5.41) is 10.5. The number of anilines is 1. The monoisotopic (exact) mass is 568 g/mol. The number of aliphatic hydroxyl groups is 1. The number of carbonyl (C=O) groups excluding carboxylic acids is 1. The van der Waals surface area contributed by atoms with Gasteiger partial charge in [0.1, 0.15) is 6.10 Å². The normalized spacial score (nSPS) is 17.9. The Kier molecular flexibility index (Phi) is 9.91. The second-order valence-electron chi connectivity index (χ2n) is 10.2. The lowest BCUT2D eigenvalue weighted by Gasteiger charge is -2.34. The van der Waals surface area contributed by atoms with Crippen LogP contribution < -0.4 is 19.1 Å². The number of rotatable bonds is 11. The summed E-state index contributed by atoms with van der Waals surface area (Å²) >= 11 is 6.45. The molecule has 0 fully saturated rings. The molecule has 0 aromatic heterocycles. The Morgan fingerprint density at radius 2 is 1.95 bits per heavy atom. The van der Waals surface area contributed by atoms with Crippen LogP contribution in [0, 0.1) is 5.41 Å². The van der Waals surface area contributed by atoms with Crippen LogP contribution in [0.1, 0.15) is 50.8 Å². The summed E-state index contributed by atoms with van der Waals surface area (Å²) in [5.74, 6) is 0.197. The minimum atomic E-state index is -3.74. The van der Waals surface area contributed by atoms with Gasteiger partial charge in [-0.3, -0.25) is 9.52 Å². The van der Waals surface area contributed by atoms with E-state index in [4.69, 9.17) is 25.8 Å². The van der Waals surface area contributed by atoms with E-state index in [9.17, 15) is 18.3 Å². The van der Waals surface area contributed by atoms with E-state index >= 15 is 0 Å². The number of carbonyl (C=O) groups is 1. The van der Waals surface area contributed by atoms with Gasteiger partial charge in [-0.2, -0.15) is 0 Å². The highest BCUT2D eigenvalue weighted by Crippen LogP contribution is 2.45. The first-order valence-corrected chi connectivity index (χ1v) is 14.5. The number of sulfonamides is 1. The van der Waals surface area contributed by atoms with Crippen molar-refractivity contribution in [2.45, 2.75) is 45.8 Å². The number of nitrogens with one attached hydrogen (secondary N) is 1. The molecule has 2 aromatic rings. The lowest BCUT2D eigenvalue weighted by molar-refractivity contribution is -0.122. The maximum atomic E-state index is 12.9. The third kappa shape index (κ3) is 7.31. The van der Waals surface area contributed by atoms with Crippen molar-refractivity contribution in [2.24, 2.45) is 5.41 Å². The molecule has 1 aliphatic heterocycles. The van der Waals surface area contributed by atoms with Gasteiger partial charge in [0, 0.05) is 46.9 Å². The summed E-state index contributed by atoms with van der Waals surface area (Å²) in [6.45, 7) is 6.29. The van der Waals surface area contributed by atoms with Crippen molar-refractivity contribution in [3.05, 3.63) is 52.5 Å². The first-order chi connectivity index (χ1) is 17.9. The number of fused-ring (bicyclic) bond motifs is 1. The third-order valence-electron chi connectivity index (χ3n) is 6.28. The Morgan fingerprint density at radius 3 is 2.58 bits per heavy atom. The largest absolute Gasteiger partial charge is 0.493 e. The fourth-order valence-corrected chi connectivity index (χ4v) is 5.86. The maximum absolute atomic E-state index is 12.9. The molecule has 2 aromatic carbocycles. The predicted octanol–water partition coefficient (Wildman–Crippen LogP) is 3.92. The SMILES string of the molecule is CCCS(=O)(=O)NC(=O)C[C@@H]1CN(CC(C)(C)CO)c2ccc(Cl)cc2[C@@H](c2cccc(OC)c2OC)O1. The smallest absolute Gasteiger partial charge is 0.236 e. The van der Waals surface area contributed by atoms with Gasteiger partial charge < -0.3 is 24.2 Å². The summed E-state index contributed by atoms with van der Waals surface area (Å²) in [6.07, 6.45) is -1.21. The predicted molar refractivity (Wildman–Crippen MR) is 148 cm³/mol. The fourth-order valence-electron chi connectivity index (χ4n) is 4.61. The highest BCUT2D eigenvalue weighted by molar-refractivity contribution is 7.90. The van der Waals surface area contributed by atoms with E-state index in [-0.39, 0.29) is 25.3 Å². The second-order valence-corrected chi connectivity index (χ2v) is 12.5. The zero-order valence-corrected chi connectivity index (χ0v) is 24.1. The first kappa shape index (κ1) is 30.0. The van der Waals surface area contributed by atoms with Crippen LogP contribution >= 0.6 is 11.6 Å². The molecule has 38 heavy (non-hydrogen) atoms. The van der Waals surface area contributed by atoms with Crippen LogP contribution in [0.2, 0.25) is 5.02 Å². The van der Waals surface area contributed by atoms with Crippen molar-refractivity contribution in [1.82, 2.24) is 4.72 Å². The number of amides is 1. The van der Waals surface area contributed by atoms with Crippen molar-refractivity contribution in [2.75, 3.05) is 44.6 Å². The summed E-state index contributed by atoms with van der Waals surface area (Å²) in [5.41, 5.74) is 1.77. The summed E-state index contributed by atoms with van der Waals surface area (Å²) in [7, 11) is -0.655. The summed E-state index contributed by atoms with van der Waals surface area (Å²) < 4.78 is 44.4. The van der Waals surface area contributed by atoms with Crippen LogP contribution in [0.15, 0.2) is 36.4 Å². The maximum Gasteiger partial charge on any atom is 0.236 e. The van der Waals surface area contributed by atoms with Gasteiger partial charge in [-0.25, -0.2) is 8.42 Å². The Bertz CT molecular complexity index is 1240. The van der Waals surface area contributed by atoms with Gasteiger partial charge >= 0.3 is 0 Å². The van der Waals surface area contributed by atoms with Gasteiger partial charge in [0.15, 0.2) is 11.5 Å². The number of nitrogens with zero attached hydrogens (tertiary/aromatic N) is 1. The zero-order chi connectivity index (χ0) is 28.1. The lowest BCUT2D eigenvalue weighted by Crippen LogP contribution is -2.42. The standard InChI is InChI=1S/C27H37ClN2O7S/c1-6-12-38(33,34)29-24(32)14-19-15-30(16-27(2,3)17-31)22-11-10-18(28)13-21(22)25(37-19)20-8-7-9-23(35-4)26(20)36-5/h7-11,13,19,25,31H,6,12,14-17H2,1-5H3,(H,29,32)/t19-,25-/m1/s1. The van der Waals surface area contributed by atoms with Gasteiger partial charge in [0.25, 0.3) is 0 Å². The minimum Gasteiger partial charge on any atom is -0.493 e. The van der Waals surface area contributed by atoms with Gasteiger partial charge in [-0.15, -0.1) is 0 Å². The Balaban J connectivity index is 2.12. The van der Waals surface area contributed by atoms with Crippen LogP contribution in [0.4, 0.5) is 5.69 Å². The zero-order valence-electron chi connectivity index (χ0n) is 22.5. The topological polar surface area (TPSA) is 114 Å². The molecule has 9 nitrogen and oxygen atoms in total. The molecule has 11 heteroatoms. The third-order valence-corrected chi connectivity index (χ3v) is 8.00. The van der Waals surface area contributed by atoms with Crippen molar-refractivity contribution >= 4 is 33.2 Å². The van der Waals surface area contributed by atoms with Gasteiger partial charge in [0.05, 0.1) is 32.5 Å². The highest BCUT2D eigenvalue weighted by Gasteiger charge is 2.36. The number of halogens is 1. The second kappa shape index (κ2) is 12.5. The average molecular weight is 569 g/mol. The van der Waals surface area contributed by atoms with Gasteiger partial charge in [-0.05, 0) is 30.7 Å². The van der Waals surface area contributed by atoms with Crippen molar-refractivity contribution in [3.8, 4) is 11.5 Å². The highest BCUT2D eigenvalue weighted by atomic mass is 35.5.